The van der Waals surface area contributed by atoms with Gasteiger partial charge in [-0.2, -0.15) is 0 Å². The number of ether oxygens (including phenoxy) is 1. The summed E-state index contributed by atoms with van der Waals surface area (Å²) in [6.07, 6.45) is 9.70. The summed E-state index contributed by atoms with van der Waals surface area (Å²) in [5.74, 6) is -1.10. The van der Waals surface area contributed by atoms with E-state index in [0.717, 1.165) is 75.7 Å². The average molecular weight is 711 g/mol. The molecular formula is C41H50N4O7. The highest BCUT2D eigenvalue weighted by Crippen LogP contribution is 2.46. The number of aliphatic carboxylic acids is 1. The summed E-state index contributed by atoms with van der Waals surface area (Å²) in [6, 6.07) is 14.0. The van der Waals surface area contributed by atoms with E-state index in [0.29, 0.717) is 35.5 Å². The summed E-state index contributed by atoms with van der Waals surface area (Å²) < 4.78 is 6.39. The SMILES string of the molecule is CCC(c1cccc(C2(C(=O)O[C@H]3CN4CCC3CC4)CCCCC2)c1)C1(C(=O)O)C=CC(CNC[C@H](O)c2ccc(O)c3[nH]c(=O)ccc23)=NC1. The summed E-state index contributed by atoms with van der Waals surface area (Å²) in [7, 11) is 0. The summed E-state index contributed by atoms with van der Waals surface area (Å²) in [5, 5.41) is 35.7. The number of aliphatic hydroxyl groups excluding tert-OH is 1. The van der Waals surface area contributed by atoms with Gasteiger partial charge in [0.25, 0.3) is 0 Å². The Labute approximate surface area is 303 Å². The standard InChI is InChI=1S/C41H50N4O7/c1-2-32(27-7-6-8-28(21-27)40(16-4-3-5-17-40)39(51)52-35-24-45-19-14-26(35)15-20-45)41(38(49)50)18-13-29(43-25-41)22-42-23-34(47)30-9-11-33(46)37-31(30)10-12-36(48)44-37/h6-13,18,21,26,32,34-35,42,46-47H,2-5,14-17,19-20,22-25H2,1H3,(H,44,48)(H,49,50)/t32?,34-,35-,41?/m0/s1. The number of rotatable bonds is 12. The predicted octanol–water partition coefficient (Wildman–Crippen LogP) is 4.97. The molecule has 1 aliphatic carbocycles. The molecule has 2 unspecified atom stereocenters. The molecule has 5 N–H and O–H groups in total. The van der Waals surface area contributed by atoms with E-state index in [-0.39, 0.29) is 47.9 Å². The maximum absolute atomic E-state index is 14.2. The largest absolute Gasteiger partial charge is 0.506 e. The molecule has 4 aliphatic heterocycles. The molecule has 1 saturated carbocycles. The molecule has 4 atom stereocenters. The molecule has 11 nitrogen and oxygen atoms in total. The van der Waals surface area contributed by atoms with Crippen LogP contribution in [0.5, 0.6) is 5.75 Å². The number of H-pyrrole nitrogens is 1. The maximum Gasteiger partial charge on any atom is 0.316 e. The normalized spacial score (nSPS) is 26.4. The van der Waals surface area contributed by atoms with Gasteiger partial charge in [-0.15, -0.1) is 0 Å². The van der Waals surface area contributed by atoms with Crippen LogP contribution in [0, 0.1) is 11.3 Å². The molecule has 0 amide bonds. The number of aromatic nitrogens is 1. The Morgan fingerprint density at radius 3 is 2.56 bits per heavy atom. The van der Waals surface area contributed by atoms with Gasteiger partial charge in [0.15, 0.2) is 0 Å². The van der Waals surface area contributed by atoms with Crippen LogP contribution >= 0.6 is 0 Å². The Morgan fingerprint density at radius 2 is 1.88 bits per heavy atom. The molecule has 11 heteroatoms. The molecule has 52 heavy (non-hydrogen) atoms. The van der Waals surface area contributed by atoms with Crippen LogP contribution in [0.15, 0.2) is 70.5 Å². The number of dihydropyridines is 1. The number of carbonyl (C=O) groups excluding carboxylic acids is 1. The molecule has 4 fully saturated rings. The lowest BCUT2D eigenvalue weighted by atomic mass is 9.66. The summed E-state index contributed by atoms with van der Waals surface area (Å²) in [6.45, 7) is 5.52. The van der Waals surface area contributed by atoms with Gasteiger partial charge in [0.1, 0.15) is 17.3 Å². The van der Waals surface area contributed by atoms with Crippen molar-refractivity contribution in [2.75, 3.05) is 39.3 Å². The monoisotopic (exact) mass is 710 g/mol. The van der Waals surface area contributed by atoms with E-state index >= 15 is 0 Å². The Morgan fingerprint density at radius 1 is 1.10 bits per heavy atom. The van der Waals surface area contributed by atoms with Crippen LogP contribution in [-0.2, 0) is 19.7 Å². The Kier molecular flexibility index (Phi) is 10.4. The lowest BCUT2D eigenvalue weighted by molar-refractivity contribution is -0.167. The smallest absolute Gasteiger partial charge is 0.316 e. The number of benzene rings is 2. The van der Waals surface area contributed by atoms with E-state index in [1.807, 2.05) is 25.1 Å². The number of nitrogens with zero attached hydrogens (tertiary/aromatic N) is 2. The minimum atomic E-state index is -1.27. The predicted molar refractivity (Wildman–Crippen MR) is 199 cm³/mol. The number of hydrogen-bond donors (Lipinski definition) is 5. The van der Waals surface area contributed by atoms with Crippen LogP contribution in [-0.4, -0.2) is 88.2 Å². The maximum atomic E-state index is 14.2. The summed E-state index contributed by atoms with van der Waals surface area (Å²) in [4.78, 5) is 48.9. The van der Waals surface area contributed by atoms with Crippen molar-refractivity contribution >= 4 is 28.6 Å². The fraction of sp³-hybridized carbons (Fsp3) is 0.512. The molecule has 0 spiro atoms. The van der Waals surface area contributed by atoms with E-state index < -0.39 is 22.9 Å². The topological polar surface area (TPSA) is 165 Å². The fourth-order valence-corrected chi connectivity index (χ4v) is 9.22. The third kappa shape index (κ3) is 6.81. The second-order valence-corrected chi connectivity index (χ2v) is 15.2. The Hall–Kier alpha value is -4.32. The number of carboxylic acid groups (broad SMARTS) is 1. The van der Waals surface area contributed by atoms with Gasteiger partial charge in [0, 0.05) is 42.7 Å². The number of pyridine rings is 1. The number of aromatic amines is 1. The number of nitrogens with one attached hydrogen (secondary N) is 2. The number of carboxylic acids is 1. The van der Waals surface area contributed by atoms with E-state index in [1.165, 1.54) is 12.1 Å². The lowest BCUT2D eigenvalue weighted by Crippen LogP contribution is -2.53. The van der Waals surface area contributed by atoms with Gasteiger partial charge in [-0.25, -0.2) is 0 Å². The van der Waals surface area contributed by atoms with Gasteiger partial charge in [-0.05, 0) is 86.0 Å². The van der Waals surface area contributed by atoms with Crippen molar-refractivity contribution in [3.8, 4) is 5.75 Å². The van der Waals surface area contributed by atoms with Gasteiger partial charge in [0.2, 0.25) is 5.56 Å². The second-order valence-electron chi connectivity index (χ2n) is 15.2. The minimum Gasteiger partial charge on any atom is -0.506 e. The van der Waals surface area contributed by atoms with E-state index in [4.69, 9.17) is 9.73 Å². The summed E-state index contributed by atoms with van der Waals surface area (Å²) >= 11 is 0. The number of carbonyl (C=O) groups is 2. The van der Waals surface area contributed by atoms with Crippen molar-refractivity contribution < 1.29 is 29.6 Å². The minimum absolute atomic E-state index is 0.0594. The number of esters is 1. The lowest BCUT2D eigenvalue weighted by Gasteiger charge is -2.45. The molecule has 2 bridgehead atoms. The first kappa shape index (κ1) is 36.1. The van der Waals surface area contributed by atoms with Crippen molar-refractivity contribution in [2.24, 2.45) is 16.3 Å². The summed E-state index contributed by atoms with van der Waals surface area (Å²) in [5.41, 5.74) is 0.948. The first-order chi connectivity index (χ1) is 25.1. The van der Waals surface area contributed by atoms with Crippen LogP contribution < -0.4 is 10.9 Å². The van der Waals surface area contributed by atoms with E-state index in [9.17, 15) is 29.7 Å². The van der Waals surface area contributed by atoms with Crippen LogP contribution in [0.2, 0.25) is 0 Å². The van der Waals surface area contributed by atoms with Crippen molar-refractivity contribution in [2.45, 2.75) is 81.8 Å². The van der Waals surface area contributed by atoms with Crippen LogP contribution in [0.3, 0.4) is 0 Å². The zero-order chi connectivity index (χ0) is 36.5. The van der Waals surface area contributed by atoms with Crippen molar-refractivity contribution in [1.29, 1.82) is 0 Å². The Balaban J connectivity index is 1.06. The van der Waals surface area contributed by atoms with Crippen molar-refractivity contribution in [3.63, 3.8) is 0 Å². The van der Waals surface area contributed by atoms with Gasteiger partial charge >= 0.3 is 11.9 Å². The third-order valence-electron chi connectivity index (χ3n) is 12.2. The van der Waals surface area contributed by atoms with E-state index in [2.05, 4.69) is 21.3 Å². The molecule has 2 aromatic carbocycles. The molecule has 5 aliphatic rings. The first-order valence-electron chi connectivity index (χ1n) is 18.9. The molecule has 0 radical (unpaired) electrons. The second kappa shape index (κ2) is 15.0. The van der Waals surface area contributed by atoms with Crippen LogP contribution in [0.4, 0.5) is 0 Å². The number of phenols is 1. The van der Waals surface area contributed by atoms with Crippen molar-refractivity contribution in [1.82, 2.24) is 15.2 Å². The van der Waals surface area contributed by atoms with Gasteiger partial charge in [-0.1, -0.05) is 62.6 Å². The number of aromatic hydroxyl groups is 1. The number of aliphatic imine (C=N–C) groups is 1. The highest BCUT2D eigenvalue weighted by atomic mass is 16.5. The highest BCUT2D eigenvalue weighted by molar-refractivity contribution is 5.99. The van der Waals surface area contributed by atoms with Gasteiger partial charge in [0.05, 0.1) is 23.6 Å². The van der Waals surface area contributed by atoms with E-state index in [1.54, 1.807) is 24.3 Å². The Bertz CT molecular complexity index is 1920. The van der Waals surface area contributed by atoms with Gasteiger partial charge in [-0.3, -0.25) is 24.3 Å². The first-order valence-corrected chi connectivity index (χ1v) is 18.9. The number of hydrogen-bond acceptors (Lipinski definition) is 9. The molecule has 3 aromatic rings. The number of fused-ring (bicyclic) bond motifs is 4. The number of piperidine rings is 3. The number of phenolic OH excluding ortho intramolecular Hbond substituents is 1. The average Bonchev–Trinajstić information content (AvgIpc) is 3.17. The molecule has 8 rings (SSSR count). The third-order valence-corrected chi connectivity index (χ3v) is 12.2. The number of aliphatic hydroxyl groups is 1. The van der Waals surface area contributed by atoms with Crippen LogP contribution in [0.1, 0.15) is 87.0 Å². The fourth-order valence-electron chi connectivity index (χ4n) is 9.22. The zero-order valence-electron chi connectivity index (χ0n) is 29.9. The van der Waals surface area contributed by atoms with Crippen molar-refractivity contribution in [3.05, 3.63) is 87.7 Å². The molecule has 5 heterocycles. The van der Waals surface area contributed by atoms with Crippen LogP contribution in [0.25, 0.3) is 10.9 Å². The molecule has 276 valence electrons. The quantitative estimate of drug-likeness (QED) is 0.163. The zero-order valence-corrected chi connectivity index (χ0v) is 29.9. The molecular weight excluding hydrogens is 660 g/mol. The van der Waals surface area contributed by atoms with Gasteiger partial charge < -0.3 is 30.4 Å². The highest BCUT2D eigenvalue weighted by Gasteiger charge is 2.48. The molecule has 1 aromatic heterocycles. The molecule has 3 saturated heterocycles.